The highest BCUT2D eigenvalue weighted by atomic mass is 16.2. The lowest BCUT2D eigenvalue weighted by molar-refractivity contribution is -0.122. The smallest absolute Gasteiger partial charge is 0.267 e. The van der Waals surface area contributed by atoms with Crippen LogP contribution in [0.15, 0.2) is 36.3 Å². The van der Waals surface area contributed by atoms with E-state index in [1.165, 1.54) is 0 Å². The van der Waals surface area contributed by atoms with E-state index in [4.69, 9.17) is 0 Å². The van der Waals surface area contributed by atoms with Crippen molar-refractivity contribution in [1.82, 2.24) is 26.1 Å². The minimum atomic E-state index is -0.535. The molecular weight excluding hydrogens is 270 g/mol. The summed E-state index contributed by atoms with van der Waals surface area (Å²) in [5.74, 6) is -0.419. The molecule has 112 valence electrons. The second-order valence-corrected chi connectivity index (χ2v) is 5.04. The molecule has 0 fully saturated rings. The molecule has 1 atom stereocenters. The average molecular weight is 289 g/mol. The van der Waals surface area contributed by atoms with Crippen molar-refractivity contribution in [2.24, 2.45) is 0 Å². The Hall–Kier alpha value is -2.57. The van der Waals surface area contributed by atoms with Crippen molar-refractivity contribution < 1.29 is 9.59 Å². The largest absolute Gasteiger partial charge is 0.366 e. The van der Waals surface area contributed by atoms with Crippen molar-refractivity contribution in [3.05, 3.63) is 41.9 Å². The average Bonchev–Trinajstić information content (AvgIpc) is 2.97. The van der Waals surface area contributed by atoms with Crippen LogP contribution in [0.1, 0.15) is 19.4 Å². The summed E-state index contributed by atoms with van der Waals surface area (Å²) in [7, 11) is 0. The summed E-state index contributed by atoms with van der Waals surface area (Å²) >= 11 is 0. The first kappa shape index (κ1) is 14.8. The highest BCUT2D eigenvalue weighted by Gasteiger charge is 2.21. The van der Waals surface area contributed by atoms with E-state index >= 15 is 0 Å². The van der Waals surface area contributed by atoms with E-state index in [2.05, 4.69) is 26.1 Å². The Balaban J connectivity index is 1.88. The van der Waals surface area contributed by atoms with E-state index in [9.17, 15) is 9.59 Å². The van der Waals surface area contributed by atoms with Gasteiger partial charge in [0.2, 0.25) is 5.91 Å². The maximum atomic E-state index is 12.0. The summed E-state index contributed by atoms with van der Waals surface area (Å²) in [5, 5.41) is 15.0. The third-order valence-corrected chi connectivity index (χ3v) is 2.84. The third kappa shape index (κ3) is 4.20. The van der Waals surface area contributed by atoms with E-state index in [1.54, 1.807) is 30.6 Å². The molecule has 0 saturated carbocycles. The Labute approximate surface area is 122 Å². The molecule has 0 aromatic carbocycles. The Bertz CT molecular complexity index is 560. The Kier molecular flexibility index (Phi) is 4.76. The first-order valence-corrected chi connectivity index (χ1v) is 6.77. The van der Waals surface area contributed by atoms with Crippen LogP contribution >= 0.6 is 0 Å². The molecule has 2 rings (SSSR count). The minimum Gasteiger partial charge on any atom is -0.366 e. The minimum absolute atomic E-state index is 0.0528. The summed E-state index contributed by atoms with van der Waals surface area (Å²) in [6.45, 7) is 4.15. The van der Waals surface area contributed by atoms with Crippen molar-refractivity contribution >= 4 is 11.8 Å². The SMILES string of the molecule is CC(C)NC(=O)C1C=CC=C(C(=O)NCc2cn[nH]c2)N1. The molecule has 1 aliphatic heterocycles. The summed E-state index contributed by atoms with van der Waals surface area (Å²) < 4.78 is 0. The fraction of sp³-hybridized carbons (Fsp3) is 0.357. The van der Waals surface area contributed by atoms with Crippen molar-refractivity contribution in [3.63, 3.8) is 0 Å². The predicted octanol–water partition coefficient (Wildman–Crippen LogP) is -0.0376. The van der Waals surface area contributed by atoms with E-state index in [0.29, 0.717) is 12.2 Å². The lowest BCUT2D eigenvalue weighted by Gasteiger charge is -2.21. The summed E-state index contributed by atoms with van der Waals surface area (Å²) in [5.41, 5.74) is 1.24. The highest BCUT2D eigenvalue weighted by Crippen LogP contribution is 2.04. The molecule has 0 saturated heterocycles. The van der Waals surface area contributed by atoms with Crippen LogP contribution in [0.2, 0.25) is 0 Å². The fourth-order valence-electron chi connectivity index (χ4n) is 1.85. The molecule has 0 aliphatic carbocycles. The van der Waals surface area contributed by atoms with Crippen molar-refractivity contribution in [2.45, 2.75) is 32.5 Å². The Morgan fingerprint density at radius 3 is 2.90 bits per heavy atom. The van der Waals surface area contributed by atoms with Gasteiger partial charge in [0.1, 0.15) is 11.7 Å². The molecule has 1 unspecified atom stereocenters. The van der Waals surface area contributed by atoms with E-state index in [0.717, 1.165) is 5.56 Å². The maximum Gasteiger partial charge on any atom is 0.267 e. The molecule has 0 radical (unpaired) electrons. The molecule has 0 spiro atoms. The van der Waals surface area contributed by atoms with Crippen LogP contribution in [-0.4, -0.2) is 34.1 Å². The number of hydrogen-bond donors (Lipinski definition) is 4. The summed E-state index contributed by atoms with van der Waals surface area (Å²) in [6, 6.07) is -0.482. The van der Waals surface area contributed by atoms with Gasteiger partial charge in [-0.15, -0.1) is 0 Å². The first-order valence-electron chi connectivity index (χ1n) is 6.77. The Morgan fingerprint density at radius 2 is 2.24 bits per heavy atom. The van der Waals surface area contributed by atoms with Crippen LogP contribution in [-0.2, 0) is 16.1 Å². The maximum absolute atomic E-state index is 12.0. The number of aromatic nitrogens is 2. The third-order valence-electron chi connectivity index (χ3n) is 2.84. The number of carbonyl (C=O) groups is 2. The van der Waals surface area contributed by atoms with Crippen LogP contribution in [0, 0.1) is 0 Å². The van der Waals surface area contributed by atoms with Gasteiger partial charge < -0.3 is 16.0 Å². The zero-order valence-electron chi connectivity index (χ0n) is 12.0. The van der Waals surface area contributed by atoms with Gasteiger partial charge in [0, 0.05) is 24.3 Å². The normalized spacial score (nSPS) is 17.1. The standard InChI is InChI=1S/C14H19N5O2/c1-9(2)18-14(21)12-5-3-4-11(19-12)13(20)15-6-10-7-16-17-8-10/h3-5,7-9,12,19H,6H2,1-2H3,(H,15,20)(H,16,17)(H,18,21). The molecular formula is C14H19N5O2. The topological polar surface area (TPSA) is 98.9 Å². The lowest BCUT2D eigenvalue weighted by atomic mass is 10.1. The monoisotopic (exact) mass is 289 g/mol. The second-order valence-electron chi connectivity index (χ2n) is 5.04. The van der Waals surface area contributed by atoms with Gasteiger partial charge in [-0.3, -0.25) is 14.7 Å². The number of H-pyrrole nitrogens is 1. The first-order chi connectivity index (χ1) is 10.1. The molecule has 2 heterocycles. The number of nitrogens with zero attached hydrogens (tertiary/aromatic N) is 1. The number of rotatable bonds is 5. The lowest BCUT2D eigenvalue weighted by Crippen LogP contribution is -2.48. The van der Waals surface area contributed by atoms with E-state index < -0.39 is 6.04 Å². The van der Waals surface area contributed by atoms with E-state index in [1.807, 2.05) is 13.8 Å². The molecule has 7 heteroatoms. The molecule has 4 N–H and O–H groups in total. The molecule has 2 amide bonds. The molecule has 1 aliphatic rings. The molecule has 1 aromatic heterocycles. The summed E-state index contributed by atoms with van der Waals surface area (Å²) in [4.78, 5) is 24.0. The van der Waals surface area contributed by atoms with Gasteiger partial charge in [-0.1, -0.05) is 12.2 Å². The van der Waals surface area contributed by atoms with Gasteiger partial charge in [0.15, 0.2) is 0 Å². The number of hydrogen-bond acceptors (Lipinski definition) is 4. The number of nitrogens with one attached hydrogen (secondary N) is 4. The van der Waals surface area contributed by atoms with Gasteiger partial charge in [-0.05, 0) is 19.9 Å². The number of dihydropyridines is 1. The van der Waals surface area contributed by atoms with Crippen LogP contribution < -0.4 is 16.0 Å². The van der Waals surface area contributed by atoms with Gasteiger partial charge in [0.25, 0.3) is 5.91 Å². The van der Waals surface area contributed by atoms with Gasteiger partial charge in [0.05, 0.1) is 6.20 Å². The number of carbonyl (C=O) groups excluding carboxylic acids is 2. The fourth-order valence-corrected chi connectivity index (χ4v) is 1.85. The number of allylic oxidation sites excluding steroid dienone is 2. The quantitative estimate of drug-likeness (QED) is 0.611. The van der Waals surface area contributed by atoms with Gasteiger partial charge >= 0.3 is 0 Å². The van der Waals surface area contributed by atoms with Gasteiger partial charge in [-0.2, -0.15) is 5.10 Å². The van der Waals surface area contributed by atoms with E-state index in [-0.39, 0.29) is 17.9 Å². The number of aromatic amines is 1. The predicted molar refractivity (Wildman–Crippen MR) is 77.9 cm³/mol. The number of amides is 2. The molecule has 21 heavy (non-hydrogen) atoms. The zero-order chi connectivity index (χ0) is 15.2. The highest BCUT2D eigenvalue weighted by molar-refractivity contribution is 5.95. The van der Waals surface area contributed by atoms with Crippen LogP contribution in [0.4, 0.5) is 0 Å². The van der Waals surface area contributed by atoms with Gasteiger partial charge in [-0.25, -0.2) is 0 Å². The van der Waals surface area contributed by atoms with Crippen molar-refractivity contribution in [1.29, 1.82) is 0 Å². The summed E-state index contributed by atoms with van der Waals surface area (Å²) in [6.07, 6.45) is 8.41. The molecule has 0 bridgehead atoms. The van der Waals surface area contributed by atoms with Crippen molar-refractivity contribution in [2.75, 3.05) is 0 Å². The molecule has 7 nitrogen and oxygen atoms in total. The van der Waals surface area contributed by atoms with Crippen LogP contribution in [0.3, 0.4) is 0 Å². The van der Waals surface area contributed by atoms with Crippen molar-refractivity contribution in [3.8, 4) is 0 Å². The van der Waals surface area contributed by atoms with Crippen LogP contribution in [0.25, 0.3) is 0 Å². The second kappa shape index (κ2) is 6.74. The molecule has 1 aromatic rings. The van der Waals surface area contributed by atoms with Crippen LogP contribution in [0.5, 0.6) is 0 Å². The zero-order valence-corrected chi connectivity index (χ0v) is 12.0. The Morgan fingerprint density at radius 1 is 1.43 bits per heavy atom.